The molecule has 23 heavy (non-hydrogen) atoms. The van der Waals surface area contributed by atoms with Crippen molar-refractivity contribution in [2.45, 2.75) is 70.6 Å². The maximum Gasteiger partial charge on any atom is 0.410 e. The summed E-state index contributed by atoms with van der Waals surface area (Å²) >= 11 is 0. The lowest BCUT2D eigenvalue weighted by atomic mass is 9.93. The second kappa shape index (κ2) is 6.38. The summed E-state index contributed by atoms with van der Waals surface area (Å²) in [6.07, 6.45) is 7.42. The summed E-state index contributed by atoms with van der Waals surface area (Å²) in [4.78, 5) is 18.7. The number of aromatic nitrogens is 1. The fourth-order valence-corrected chi connectivity index (χ4v) is 3.10. The Bertz CT molecular complexity index is 546. The molecule has 1 saturated carbocycles. The molecule has 1 atom stereocenters. The van der Waals surface area contributed by atoms with Crippen molar-refractivity contribution < 1.29 is 9.53 Å². The van der Waals surface area contributed by atoms with Crippen molar-refractivity contribution in [3.8, 4) is 0 Å². The molecule has 0 radical (unpaired) electrons. The molecule has 1 unspecified atom stereocenters. The van der Waals surface area contributed by atoms with Crippen molar-refractivity contribution in [1.29, 1.82) is 0 Å². The van der Waals surface area contributed by atoms with E-state index in [0.29, 0.717) is 6.04 Å². The predicted octanol–water partition coefficient (Wildman–Crippen LogP) is 4.12. The molecule has 0 bridgehead atoms. The van der Waals surface area contributed by atoms with E-state index in [4.69, 9.17) is 4.74 Å². The first-order valence-electron chi connectivity index (χ1n) is 8.64. The summed E-state index contributed by atoms with van der Waals surface area (Å²) in [5, 5.41) is 3.44. The molecule has 126 valence electrons. The molecule has 1 aromatic heterocycles. The number of rotatable bonds is 3. The smallest absolute Gasteiger partial charge is 0.410 e. The molecule has 1 aliphatic carbocycles. The van der Waals surface area contributed by atoms with Gasteiger partial charge in [0.25, 0.3) is 0 Å². The third-order valence-electron chi connectivity index (χ3n) is 4.51. The first kappa shape index (κ1) is 16.1. The van der Waals surface area contributed by atoms with Gasteiger partial charge in [-0.15, -0.1) is 0 Å². The van der Waals surface area contributed by atoms with Gasteiger partial charge in [0.05, 0.1) is 6.04 Å². The van der Waals surface area contributed by atoms with Crippen molar-refractivity contribution in [1.82, 2.24) is 9.88 Å². The van der Waals surface area contributed by atoms with Crippen LogP contribution in [0.1, 0.15) is 64.5 Å². The maximum atomic E-state index is 12.4. The molecule has 2 heterocycles. The third kappa shape index (κ3) is 3.95. The highest BCUT2D eigenvalue weighted by molar-refractivity contribution is 5.69. The number of nitrogens with zero attached hydrogens (tertiary/aromatic N) is 2. The van der Waals surface area contributed by atoms with Gasteiger partial charge in [-0.2, -0.15) is 0 Å². The van der Waals surface area contributed by atoms with Crippen LogP contribution in [0.15, 0.2) is 18.3 Å². The van der Waals surface area contributed by atoms with Crippen LogP contribution in [0.25, 0.3) is 0 Å². The van der Waals surface area contributed by atoms with E-state index in [0.717, 1.165) is 30.8 Å². The van der Waals surface area contributed by atoms with Crippen LogP contribution >= 0.6 is 0 Å². The molecule has 1 aliphatic heterocycles. The number of amides is 1. The second-order valence-corrected chi connectivity index (χ2v) is 7.58. The topological polar surface area (TPSA) is 54.5 Å². The second-order valence-electron chi connectivity index (χ2n) is 7.58. The largest absolute Gasteiger partial charge is 0.444 e. The molecule has 5 heteroatoms. The number of likely N-dealkylation sites (tertiary alicyclic amines) is 1. The minimum atomic E-state index is -0.459. The Balaban J connectivity index is 1.65. The molecule has 3 rings (SSSR count). The molecule has 1 amide bonds. The molecule has 1 saturated heterocycles. The van der Waals surface area contributed by atoms with Crippen LogP contribution in [0.3, 0.4) is 0 Å². The fraction of sp³-hybridized carbons (Fsp3) is 0.667. The quantitative estimate of drug-likeness (QED) is 0.911. The van der Waals surface area contributed by atoms with Crippen molar-refractivity contribution >= 4 is 11.9 Å². The Hall–Kier alpha value is -1.78. The van der Waals surface area contributed by atoms with E-state index >= 15 is 0 Å². The molecule has 1 N–H and O–H groups in total. The van der Waals surface area contributed by atoms with Crippen LogP contribution in [0.4, 0.5) is 10.6 Å². The van der Waals surface area contributed by atoms with Crippen LogP contribution in [0.5, 0.6) is 0 Å². The van der Waals surface area contributed by atoms with Gasteiger partial charge in [-0.1, -0.05) is 6.07 Å². The number of nitrogens with one attached hydrogen (secondary N) is 1. The highest BCUT2D eigenvalue weighted by atomic mass is 16.6. The maximum absolute atomic E-state index is 12.4. The average molecular weight is 317 g/mol. The summed E-state index contributed by atoms with van der Waals surface area (Å²) in [6, 6.07) is 4.77. The van der Waals surface area contributed by atoms with Gasteiger partial charge in [0.1, 0.15) is 11.4 Å². The van der Waals surface area contributed by atoms with E-state index in [1.54, 1.807) is 0 Å². The Morgan fingerprint density at radius 3 is 2.61 bits per heavy atom. The van der Waals surface area contributed by atoms with Gasteiger partial charge >= 0.3 is 6.09 Å². The van der Waals surface area contributed by atoms with Gasteiger partial charge in [-0.25, -0.2) is 9.78 Å². The molecule has 2 fully saturated rings. The minimum Gasteiger partial charge on any atom is -0.444 e. The van der Waals surface area contributed by atoms with Gasteiger partial charge in [0.2, 0.25) is 0 Å². The number of pyridine rings is 1. The molecule has 0 spiro atoms. The van der Waals surface area contributed by atoms with E-state index in [2.05, 4.69) is 16.4 Å². The zero-order chi connectivity index (χ0) is 16.4. The SMILES string of the molecule is CC(C)(C)OC(=O)N1CCCC1c1ccc(NC2CCC2)nc1. The van der Waals surface area contributed by atoms with E-state index in [1.165, 1.54) is 19.3 Å². The summed E-state index contributed by atoms with van der Waals surface area (Å²) in [5.41, 5.74) is 0.631. The first-order chi connectivity index (χ1) is 10.9. The summed E-state index contributed by atoms with van der Waals surface area (Å²) in [6.45, 7) is 6.46. The van der Waals surface area contributed by atoms with Gasteiger partial charge in [-0.3, -0.25) is 0 Å². The molecular formula is C18H27N3O2. The monoisotopic (exact) mass is 317 g/mol. The van der Waals surface area contributed by atoms with Gasteiger partial charge in [-0.05, 0) is 64.5 Å². The van der Waals surface area contributed by atoms with E-state index in [1.807, 2.05) is 37.9 Å². The van der Waals surface area contributed by atoms with Crippen LogP contribution < -0.4 is 5.32 Å². The molecule has 2 aliphatic rings. The zero-order valence-corrected chi connectivity index (χ0v) is 14.3. The molecular weight excluding hydrogens is 290 g/mol. The van der Waals surface area contributed by atoms with E-state index in [-0.39, 0.29) is 12.1 Å². The van der Waals surface area contributed by atoms with Crippen molar-refractivity contribution in [3.63, 3.8) is 0 Å². The minimum absolute atomic E-state index is 0.0788. The molecule has 0 aromatic carbocycles. The lowest BCUT2D eigenvalue weighted by Gasteiger charge is -2.29. The lowest BCUT2D eigenvalue weighted by molar-refractivity contribution is 0.0224. The highest BCUT2D eigenvalue weighted by Crippen LogP contribution is 2.33. The Morgan fingerprint density at radius 2 is 2.04 bits per heavy atom. The van der Waals surface area contributed by atoms with Crippen LogP contribution in [-0.2, 0) is 4.74 Å². The van der Waals surface area contributed by atoms with E-state index < -0.39 is 5.60 Å². The Labute approximate surface area is 138 Å². The van der Waals surface area contributed by atoms with Crippen LogP contribution in [0.2, 0.25) is 0 Å². The summed E-state index contributed by atoms with van der Waals surface area (Å²) < 4.78 is 5.53. The summed E-state index contributed by atoms with van der Waals surface area (Å²) in [7, 11) is 0. The Kier molecular flexibility index (Phi) is 4.46. The fourth-order valence-electron chi connectivity index (χ4n) is 3.10. The van der Waals surface area contributed by atoms with E-state index in [9.17, 15) is 4.79 Å². The zero-order valence-electron chi connectivity index (χ0n) is 14.3. The number of ether oxygens (including phenoxy) is 1. The normalized spacial score (nSPS) is 21.9. The highest BCUT2D eigenvalue weighted by Gasteiger charge is 2.33. The average Bonchev–Trinajstić information content (AvgIpc) is 2.91. The number of carbonyl (C=O) groups excluding carboxylic acids is 1. The number of hydrogen-bond donors (Lipinski definition) is 1. The predicted molar refractivity (Wildman–Crippen MR) is 90.4 cm³/mol. The molecule has 1 aromatic rings. The third-order valence-corrected chi connectivity index (χ3v) is 4.51. The Morgan fingerprint density at radius 1 is 1.26 bits per heavy atom. The van der Waals surface area contributed by atoms with Gasteiger partial charge < -0.3 is 15.0 Å². The number of anilines is 1. The van der Waals surface area contributed by atoms with Crippen molar-refractivity contribution in [2.24, 2.45) is 0 Å². The molecule has 5 nitrogen and oxygen atoms in total. The number of hydrogen-bond acceptors (Lipinski definition) is 4. The van der Waals surface area contributed by atoms with Crippen LogP contribution in [0, 0.1) is 0 Å². The van der Waals surface area contributed by atoms with Crippen molar-refractivity contribution in [2.75, 3.05) is 11.9 Å². The lowest BCUT2D eigenvalue weighted by Crippen LogP contribution is -2.36. The first-order valence-corrected chi connectivity index (χ1v) is 8.64. The van der Waals surface area contributed by atoms with Crippen molar-refractivity contribution in [3.05, 3.63) is 23.9 Å². The summed E-state index contributed by atoms with van der Waals surface area (Å²) in [5.74, 6) is 0.931. The van der Waals surface area contributed by atoms with Gasteiger partial charge in [0.15, 0.2) is 0 Å². The number of carbonyl (C=O) groups is 1. The van der Waals surface area contributed by atoms with Gasteiger partial charge in [0, 0.05) is 18.8 Å². The standard InChI is InChI=1S/C18H27N3O2/c1-18(2,3)23-17(22)21-11-5-8-15(21)13-9-10-16(19-12-13)20-14-6-4-7-14/h9-10,12,14-15H,4-8,11H2,1-3H3,(H,19,20). The van der Waals surface area contributed by atoms with Crippen LogP contribution in [-0.4, -0.2) is 34.2 Å².